The molecule has 1 saturated heterocycles. The van der Waals surface area contributed by atoms with Crippen LogP contribution in [0.2, 0.25) is 0 Å². The number of hydrogen-bond acceptors (Lipinski definition) is 4. The van der Waals surface area contributed by atoms with E-state index in [0.29, 0.717) is 17.9 Å². The minimum absolute atomic E-state index is 0.0212. The molecule has 5 rings (SSSR count). The third-order valence-electron chi connectivity index (χ3n) is 6.66. The van der Waals surface area contributed by atoms with E-state index in [1.54, 1.807) is 30.3 Å². The summed E-state index contributed by atoms with van der Waals surface area (Å²) in [5.74, 6) is 0.0382. The van der Waals surface area contributed by atoms with Crippen molar-refractivity contribution in [1.29, 1.82) is 0 Å². The molecule has 0 unspecified atom stereocenters. The van der Waals surface area contributed by atoms with Crippen LogP contribution in [0, 0.1) is 0 Å². The fourth-order valence-corrected chi connectivity index (χ4v) is 4.66. The van der Waals surface area contributed by atoms with Crippen LogP contribution >= 0.6 is 0 Å². The topological polar surface area (TPSA) is 70.8 Å². The van der Waals surface area contributed by atoms with Crippen molar-refractivity contribution in [3.8, 4) is 11.1 Å². The average molecular weight is 443 g/mol. The highest BCUT2D eigenvalue weighted by atomic mass is 16.3. The van der Waals surface area contributed by atoms with E-state index in [9.17, 15) is 14.4 Å². The molecule has 2 aliphatic rings. The molecule has 1 aliphatic carbocycles. The molecule has 1 aromatic heterocycles. The van der Waals surface area contributed by atoms with Gasteiger partial charge in [-0.05, 0) is 41.7 Å². The molecule has 3 aromatic rings. The first-order valence-electron chi connectivity index (χ1n) is 11.3. The van der Waals surface area contributed by atoms with Gasteiger partial charge in [0.15, 0.2) is 0 Å². The van der Waals surface area contributed by atoms with Crippen molar-refractivity contribution >= 4 is 17.7 Å². The van der Waals surface area contributed by atoms with Gasteiger partial charge < -0.3 is 9.32 Å². The second kappa shape index (κ2) is 8.35. The van der Waals surface area contributed by atoms with Crippen molar-refractivity contribution < 1.29 is 18.8 Å². The minimum Gasteiger partial charge on any atom is -0.467 e. The Bertz CT molecular complexity index is 1170. The van der Waals surface area contributed by atoms with E-state index in [0.717, 1.165) is 24.0 Å². The van der Waals surface area contributed by atoms with E-state index < -0.39 is 5.41 Å². The molecule has 33 heavy (non-hydrogen) atoms. The van der Waals surface area contributed by atoms with Crippen LogP contribution in [0.4, 0.5) is 0 Å². The SMILES string of the molecule is CN(Cc1ccco1)C(=O)C[C@]1(c2ccc(-c3ccccc3)cc2)CC(=O)N(C2CC2)C1=O. The van der Waals surface area contributed by atoms with Crippen LogP contribution in [-0.2, 0) is 26.3 Å². The van der Waals surface area contributed by atoms with E-state index >= 15 is 0 Å². The van der Waals surface area contributed by atoms with Gasteiger partial charge in [-0.15, -0.1) is 0 Å². The maximum atomic E-state index is 13.7. The third-order valence-corrected chi connectivity index (χ3v) is 6.66. The molecule has 2 fully saturated rings. The lowest BCUT2D eigenvalue weighted by atomic mass is 9.75. The molecular weight excluding hydrogens is 416 g/mol. The summed E-state index contributed by atoms with van der Waals surface area (Å²) in [6.07, 6.45) is 3.21. The van der Waals surface area contributed by atoms with Crippen molar-refractivity contribution in [3.05, 3.63) is 84.3 Å². The van der Waals surface area contributed by atoms with Gasteiger partial charge in [0.25, 0.3) is 0 Å². The molecule has 0 bridgehead atoms. The van der Waals surface area contributed by atoms with Crippen LogP contribution in [-0.4, -0.2) is 40.6 Å². The Labute approximate surface area is 192 Å². The predicted molar refractivity (Wildman–Crippen MR) is 123 cm³/mol. The van der Waals surface area contributed by atoms with Gasteiger partial charge in [0.1, 0.15) is 5.76 Å². The monoisotopic (exact) mass is 442 g/mol. The van der Waals surface area contributed by atoms with Gasteiger partial charge in [0.2, 0.25) is 17.7 Å². The van der Waals surface area contributed by atoms with Crippen LogP contribution in [0.1, 0.15) is 37.0 Å². The number of hydrogen-bond donors (Lipinski definition) is 0. The Morgan fingerprint density at radius 1 is 1.00 bits per heavy atom. The number of carbonyl (C=O) groups excluding carboxylic acids is 3. The summed E-state index contributed by atoms with van der Waals surface area (Å²) < 4.78 is 5.36. The quantitative estimate of drug-likeness (QED) is 0.516. The summed E-state index contributed by atoms with van der Waals surface area (Å²) in [7, 11) is 1.69. The van der Waals surface area contributed by atoms with Crippen molar-refractivity contribution in [2.24, 2.45) is 0 Å². The van der Waals surface area contributed by atoms with Gasteiger partial charge in [-0.1, -0.05) is 54.6 Å². The summed E-state index contributed by atoms with van der Waals surface area (Å²) in [5.41, 5.74) is 1.62. The summed E-state index contributed by atoms with van der Waals surface area (Å²) in [5, 5.41) is 0. The number of imide groups is 1. The highest BCUT2D eigenvalue weighted by Gasteiger charge is 2.57. The Hall–Kier alpha value is -3.67. The summed E-state index contributed by atoms with van der Waals surface area (Å²) in [4.78, 5) is 42.8. The summed E-state index contributed by atoms with van der Waals surface area (Å²) in [6, 6.07) is 21.2. The van der Waals surface area contributed by atoms with E-state index in [1.165, 1.54) is 4.90 Å². The first-order chi connectivity index (χ1) is 16.0. The fourth-order valence-electron chi connectivity index (χ4n) is 4.66. The third kappa shape index (κ3) is 3.97. The standard InChI is InChI=1S/C27H26N2O4/c1-28(18-23-8-5-15-33-23)24(30)16-27(17-25(31)29(26(27)32)22-13-14-22)21-11-9-20(10-12-21)19-6-3-2-4-7-19/h2-12,15,22H,13-14,16-18H2,1H3/t27-/m1/s1. The molecular formula is C27H26N2O4. The highest BCUT2D eigenvalue weighted by molar-refractivity contribution is 6.11. The Morgan fingerprint density at radius 3 is 2.33 bits per heavy atom. The van der Waals surface area contributed by atoms with Gasteiger partial charge in [-0.25, -0.2) is 0 Å². The number of likely N-dealkylation sites (tertiary alicyclic amines) is 1. The first kappa shape index (κ1) is 21.2. The molecule has 6 nitrogen and oxygen atoms in total. The number of carbonyl (C=O) groups is 3. The normalized spacial score (nSPS) is 20.3. The molecule has 2 heterocycles. The summed E-state index contributed by atoms with van der Waals surface area (Å²) in [6.45, 7) is 0.309. The molecule has 1 atom stereocenters. The van der Waals surface area contributed by atoms with E-state index in [2.05, 4.69) is 0 Å². The zero-order chi connectivity index (χ0) is 23.0. The average Bonchev–Trinajstić information content (AvgIpc) is 3.46. The Balaban J connectivity index is 1.46. The van der Waals surface area contributed by atoms with Gasteiger partial charge in [0.05, 0.1) is 18.2 Å². The molecule has 1 saturated carbocycles. The molecule has 3 amide bonds. The Kier molecular flexibility index (Phi) is 5.36. The molecule has 6 heteroatoms. The fraction of sp³-hybridized carbons (Fsp3) is 0.296. The second-order valence-corrected chi connectivity index (χ2v) is 9.01. The number of amides is 3. The van der Waals surface area contributed by atoms with Crippen LogP contribution in [0.5, 0.6) is 0 Å². The van der Waals surface area contributed by atoms with Crippen LogP contribution in [0.25, 0.3) is 11.1 Å². The van der Waals surface area contributed by atoms with Crippen LogP contribution in [0.3, 0.4) is 0 Å². The minimum atomic E-state index is -1.18. The number of furan rings is 1. The summed E-state index contributed by atoms with van der Waals surface area (Å²) >= 11 is 0. The molecule has 1 aliphatic heterocycles. The van der Waals surface area contributed by atoms with Gasteiger partial charge in [-0.3, -0.25) is 19.3 Å². The maximum Gasteiger partial charge on any atom is 0.241 e. The van der Waals surface area contributed by atoms with Crippen molar-refractivity contribution in [2.75, 3.05) is 7.05 Å². The molecule has 0 radical (unpaired) electrons. The zero-order valence-corrected chi connectivity index (χ0v) is 18.6. The van der Waals surface area contributed by atoms with Crippen molar-refractivity contribution in [2.45, 2.75) is 43.7 Å². The number of nitrogens with zero attached hydrogens (tertiary/aromatic N) is 2. The molecule has 168 valence electrons. The van der Waals surface area contributed by atoms with Gasteiger partial charge >= 0.3 is 0 Å². The van der Waals surface area contributed by atoms with E-state index in [-0.39, 0.29) is 36.6 Å². The Morgan fingerprint density at radius 2 is 1.70 bits per heavy atom. The number of rotatable bonds is 7. The van der Waals surface area contributed by atoms with Gasteiger partial charge in [0, 0.05) is 25.9 Å². The lowest BCUT2D eigenvalue weighted by molar-refractivity contribution is -0.143. The van der Waals surface area contributed by atoms with E-state index in [4.69, 9.17) is 4.42 Å². The lowest BCUT2D eigenvalue weighted by Gasteiger charge is -2.29. The largest absolute Gasteiger partial charge is 0.467 e. The molecule has 0 N–H and O–H groups in total. The van der Waals surface area contributed by atoms with Crippen molar-refractivity contribution in [1.82, 2.24) is 9.80 Å². The van der Waals surface area contributed by atoms with E-state index in [1.807, 2.05) is 54.6 Å². The van der Waals surface area contributed by atoms with Crippen molar-refractivity contribution in [3.63, 3.8) is 0 Å². The number of benzene rings is 2. The maximum absolute atomic E-state index is 13.7. The first-order valence-corrected chi connectivity index (χ1v) is 11.3. The van der Waals surface area contributed by atoms with Crippen LogP contribution < -0.4 is 0 Å². The second-order valence-electron chi connectivity index (χ2n) is 9.01. The highest BCUT2D eigenvalue weighted by Crippen LogP contribution is 2.44. The molecule has 2 aromatic carbocycles. The molecule has 0 spiro atoms. The predicted octanol–water partition coefficient (Wildman–Crippen LogP) is 4.15. The lowest BCUT2D eigenvalue weighted by Crippen LogP contribution is -2.43. The van der Waals surface area contributed by atoms with Crippen LogP contribution in [0.15, 0.2) is 77.4 Å². The zero-order valence-electron chi connectivity index (χ0n) is 18.6. The smallest absolute Gasteiger partial charge is 0.241 e. The van der Waals surface area contributed by atoms with Gasteiger partial charge in [-0.2, -0.15) is 0 Å².